The predicted molar refractivity (Wildman–Crippen MR) is 64.8 cm³/mol. The summed E-state index contributed by atoms with van der Waals surface area (Å²) in [6.45, 7) is 4.15. The first-order valence-electron chi connectivity index (χ1n) is 4.80. The largest absolute Gasteiger partial charge is 0.392 e. The monoisotopic (exact) mass is 273 g/mol. The zero-order valence-corrected chi connectivity index (χ0v) is 10.5. The molecule has 1 aromatic rings. The molecule has 4 nitrogen and oxygen atoms in total. The number of nitrogens with zero attached hydrogens (tertiary/aromatic N) is 1. The Morgan fingerprint density at radius 3 is 2.87 bits per heavy atom. The average molecular weight is 274 g/mol. The van der Waals surface area contributed by atoms with Crippen molar-refractivity contribution in [3.63, 3.8) is 0 Å². The summed E-state index contributed by atoms with van der Waals surface area (Å²) in [5.41, 5.74) is 6.74. The lowest BCUT2D eigenvalue weighted by Gasteiger charge is -2.16. The number of nitrogens with two attached hydrogens (primary N) is 1. The predicted octanol–water partition coefficient (Wildman–Crippen LogP) is 1.27. The Morgan fingerprint density at radius 1 is 1.67 bits per heavy atom. The fraction of sp³-hybridized carbons (Fsp3) is 0.500. The van der Waals surface area contributed by atoms with E-state index in [0.717, 1.165) is 15.9 Å². The Morgan fingerprint density at radius 2 is 2.33 bits per heavy atom. The Kier molecular flexibility index (Phi) is 4.50. The molecule has 5 heteroatoms. The molecule has 1 rings (SSSR count). The third-order valence-corrected chi connectivity index (χ3v) is 2.60. The molecule has 0 spiro atoms. The van der Waals surface area contributed by atoms with Crippen molar-refractivity contribution in [2.24, 2.45) is 5.73 Å². The second-order valence-corrected chi connectivity index (χ2v) is 4.52. The summed E-state index contributed by atoms with van der Waals surface area (Å²) in [6.07, 6.45) is 1.21. The zero-order chi connectivity index (χ0) is 11.4. The lowest BCUT2D eigenvalue weighted by Crippen LogP contribution is -2.38. The van der Waals surface area contributed by atoms with Gasteiger partial charge >= 0.3 is 0 Å². The molecule has 0 fully saturated rings. The summed E-state index contributed by atoms with van der Waals surface area (Å²) in [6, 6.07) is 1.69. The van der Waals surface area contributed by atoms with Crippen LogP contribution in [0.3, 0.4) is 0 Å². The number of hydrogen-bond donors (Lipinski definition) is 3. The standard InChI is InChI=1S/C10H16BrN3O/c1-6-3-8(11)4-13-10(6)14-5-9(12)7(2)15/h3-4,7,9,15H,5,12H2,1-2H3,(H,13,14). The van der Waals surface area contributed by atoms with Crippen molar-refractivity contribution in [2.75, 3.05) is 11.9 Å². The van der Waals surface area contributed by atoms with Crippen LogP contribution in [0.25, 0.3) is 0 Å². The first-order chi connectivity index (χ1) is 7.00. The van der Waals surface area contributed by atoms with Crippen molar-refractivity contribution in [3.8, 4) is 0 Å². The molecule has 0 saturated carbocycles. The Labute approximate surface area is 98.0 Å². The first kappa shape index (κ1) is 12.4. The van der Waals surface area contributed by atoms with Crippen LogP contribution in [0.5, 0.6) is 0 Å². The van der Waals surface area contributed by atoms with Crippen LogP contribution in [0.2, 0.25) is 0 Å². The molecule has 2 unspecified atom stereocenters. The van der Waals surface area contributed by atoms with Gasteiger partial charge in [-0.05, 0) is 41.4 Å². The quantitative estimate of drug-likeness (QED) is 0.773. The van der Waals surface area contributed by atoms with E-state index in [0.29, 0.717) is 6.54 Å². The highest BCUT2D eigenvalue weighted by Crippen LogP contribution is 2.16. The van der Waals surface area contributed by atoms with Crippen LogP contribution in [-0.4, -0.2) is 28.8 Å². The number of rotatable bonds is 4. The lowest BCUT2D eigenvalue weighted by molar-refractivity contribution is 0.168. The van der Waals surface area contributed by atoms with E-state index < -0.39 is 6.10 Å². The van der Waals surface area contributed by atoms with Gasteiger partial charge in [0.2, 0.25) is 0 Å². The van der Waals surface area contributed by atoms with Crippen LogP contribution in [-0.2, 0) is 0 Å². The molecule has 0 radical (unpaired) electrons. The van der Waals surface area contributed by atoms with Gasteiger partial charge in [0.25, 0.3) is 0 Å². The first-order valence-corrected chi connectivity index (χ1v) is 5.59. The minimum Gasteiger partial charge on any atom is -0.392 e. The molecule has 15 heavy (non-hydrogen) atoms. The van der Waals surface area contributed by atoms with Crippen LogP contribution < -0.4 is 11.1 Å². The molecular formula is C10H16BrN3O. The molecule has 0 aliphatic heterocycles. The molecule has 0 bridgehead atoms. The molecule has 1 heterocycles. The number of aryl methyl sites for hydroxylation is 1. The lowest BCUT2D eigenvalue weighted by atomic mass is 10.2. The fourth-order valence-corrected chi connectivity index (χ4v) is 1.56. The van der Waals surface area contributed by atoms with Crippen LogP contribution in [0.15, 0.2) is 16.7 Å². The van der Waals surface area contributed by atoms with Crippen LogP contribution in [0, 0.1) is 6.92 Å². The normalized spacial score (nSPS) is 14.7. The minimum absolute atomic E-state index is 0.283. The molecule has 0 aliphatic rings. The molecule has 1 aromatic heterocycles. The van der Waals surface area contributed by atoms with E-state index >= 15 is 0 Å². The van der Waals surface area contributed by atoms with Gasteiger partial charge in [-0.25, -0.2) is 4.98 Å². The van der Waals surface area contributed by atoms with Crippen molar-refractivity contribution in [2.45, 2.75) is 26.0 Å². The van der Waals surface area contributed by atoms with Crippen LogP contribution >= 0.6 is 15.9 Å². The number of nitrogens with one attached hydrogen (secondary N) is 1. The smallest absolute Gasteiger partial charge is 0.128 e. The number of hydrogen-bond acceptors (Lipinski definition) is 4. The van der Waals surface area contributed by atoms with Gasteiger partial charge < -0.3 is 16.2 Å². The highest BCUT2D eigenvalue weighted by Gasteiger charge is 2.09. The van der Waals surface area contributed by atoms with Crippen molar-refractivity contribution >= 4 is 21.7 Å². The van der Waals surface area contributed by atoms with Gasteiger partial charge in [0.05, 0.1) is 6.10 Å². The molecule has 0 amide bonds. The molecule has 0 aromatic carbocycles. The molecule has 0 aliphatic carbocycles. The van der Waals surface area contributed by atoms with Crippen LogP contribution in [0.4, 0.5) is 5.82 Å². The second-order valence-electron chi connectivity index (χ2n) is 3.60. The Bertz CT molecular complexity index is 330. The van der Waals surface area contributed by atoms with E-state index in [9.17, 15) is 5.11 Å². The number of anilines is 1. The summed E-state index contributed by atoms with van der Waals surface area (Å²) in [4.78, 5) is 4.21. The molecular weight excluding hydrogens is 258 g/mol. The van der Waals surface area contributed by atoms with Gasteiger partial charge in [-0.15, -0.1) is 0 Å². The maximum absolute atomic E-state index is 9.22. The van der Waals surface area contributed by atoms with Crippen molar-refractivity contribution in [3.05, 3.63) is 22.3 Å². The van der Waals surface area contributed by atoms with Crippen LogP contribution in [0.1, 0.15) is 12.5 Å². The van der Waals surface area contributed by atoms with Gasteiger partial charge in [-0.2, -0.15) is 0 Å². The molecule has 84 valence electrons. The van der Waals surface area contributed by atoms with Crippen molar-refractivity contribution in [1.82, 2.24) is 4.98 Å². The number of aromatic nitrogens is 1. The third-order valence-electron chi connectivity index (χ3n) is 2.17. The van der Waals surface area contributed by atoms with Gasteiger partial charge in [0.1, 0.15) is 5.82 Å². The van der Waals surface area contributed by atoms with E-state index in [2.05, 4.69) is 26.2 Å². The van der Waals surface area contributed by atoms with Gasteiger partial charge in [-0.1, -0.05) is 0 Å². The summed E-state index contributed by atoms with van der Waals surface area (Å²) in [5.74, 6) is 0.800. The number of halogens is 1. The third kappa shape index (κ3) is 3.77. The summed E-state index contributed by atoms with van der Waals surface area (Å²) in [5, 5.41) is 12.3. The van der Waals surface area contributed by atoms with E-state index in [1.807, 2.05) is 13.0 Å². The summed E-state index contributed by atoms with van der Waals surface area (Å²) >= 11 is 3.34. The Hall–Kier alpha value is -0.650. The molecule has 0 saturated heterocycles. The van der Waals surface area contributed by atoms with Gasteiger partial charge in [0, 0.05) is 23.3 Å². The molecule has 2 atom stereocenters. The van der Waals surface area contributed by atoms with E-state index in [1.54, 1.807) is 13.1 Å². The van der Waals surface area contributed by atoms with E-state index in [4.69, 9.17) is 5.73 Å². The minimum atomic E-state index is -0.520. The number of pyridine rings is 1. The fourth-order valence-electron chi connectivity index (χ4n) is 1.11. The number of aliphatic hydroxyl groups excluding tert-OH is 1. The zero-order valence-electron chi connectivity index (χ0n) is 8.87. The summed E-state index contributed by atoms with van der Waals surface area (Å²) < 4.78 is 0.949. The Balaban J connectivity index is 2.58. The van der Waals surface area contributed by atoms with Crippen molar-refractivity contribution < 1.29 is 5.11 Å². The van der Waals surface area contributed by atoms with Crippen molar-refractivity contribution in [1.29, 1.82) is 0 Å². The maximum atomic E-state index is 9.22. The highest BCUT2D eigenvalue weighted by atomic mass is 79.9. The topological polar surface area (TPSA) is 71.2 Å². The van der Waals surface area contributed by atoms with Gasteiger partial charge in [-0.3, -0.25) is 0 Å². The van der Waals surface area contributed by atoms with Gasteiger partial charge in [0.15, 0.2) is 0 Å². The number of aliphatic hydroxyl groups is 1. The SMILES string of the molecule is Cc1cc(Br)cnc1NCC(N)C(C)O. The maximum Gasteiger partial charge on any atom is 0.128 e. The summed E-state index contributed by atoms with van der Waals surface area (Å²) in [7, 11) is 0. The van der Waals surface area contributed by atoms with E-state index in [1.165, 1.54) is 0 Å². The molecule has 4 N–H and O–H groups in total. The highest BCUT2D eigenvalue weighted by molar-refractivity contribution is 9.10. The average Bonchev–Trinajstić information content (AvgIpc) is 2.15. The second kappa shape index (κ2) is 5.44. The van der Waals surface area contributed by atoms with E-state index in [-0.39, 0.29) is 6.04 Å².